The summed E-state index contributed by atoms with van der Waals surface area (Å²) in [6.07, 6.45) is -5.34. The second-order valence-corrected chi connectivity index (χ2v) is 6.63. The number of ether oxygens (including phenoxy) is 2. The molecule has 0 radical (unpaired) electrons. The molecule has 7 nitrogen and oxygen atoms in total. The van der Waals surface area contributed by atoms with E-state index < -0.39 is 35.7 Å². The quantitative estimate of drug-likeness (QED) is 0.642. The molecule has 3 rings (SSSR count). The van der Waals surface area contributed by atoms with E-state index >= 15 is 0 Å². The van der Waals surface area contributed by atoms with Crippen molar-refractivity contribution in [3.63, 3.8) is 0 Å². The first-order valence-corrected chi connectivity index (χ1v) is 8.82. The van der Waals surface area contributed by atoms with Crippen LogP contribution in [0.1, 0.15) is 22.0 Å². The summed E-state index contributed by atoms with van der Waals surface area (Å²) in [4.78, 5) is 25.3. The molecule has 1 aliphatic heterocycles. The van der Waals surface area contributed by atoms with Crippen LogP contribution in [-0.4, -0.2) is 43.0 Å². The SMILES string of the molecule is COc1cccc([C@@H]2NC(=O)N[C@](O)(C(F)(F)F)[C@@H]2C(=O)c2ccccc2)c1OC. The highest BCUT2D eigenvalue weighted by Gasteiger charge is 2.66. The molecule has 0 aromatic heterocycles. The van der Waals surface area contributed by atoms with Gasteiger partial charge >= 0.3 is 12.2 Å². The Morgan fingerprint density at radius 2 is 1.73 bits per heavy atom. The predicted molar refractivity (Wildman–Crippen MR) is 99.2 cm³/mol. The van der Waals surface area contributed by atoms with E-state index in [-0.39, 0.29) is 22.6 Å². The van der Waals surface area contributed by atoms with Gasteiger partial charge in [-0.05, 0) is 6.07 Å². The number of amides is 2. The summed E-state index contributed by atoms with van der Waals surface area (Å²) in [5.41, 5.74) is -3.83. The number of halogens is 3. The molecule has 0 aliphatic carbocycles. The first-order valence-electron chi connectivity index (χ1n) is 8.82. The van der Waals surface area contributed by atoms with E-state index in [4.69, 9.17) is 9.47 Å². The zero-order valence-electron chi connectivity index (χ0n) is 16.0. The summed E-state index contributed by atoms with van der Waals surface area (Å²) in [5.74, 6) is -2.96. The van der Waals surface area contributed by atoms with Crippen molar-refractivity contribution in [1.29, 1.82) is 0 Å². The Morgan fingerprint density at radius 1 is 1.07 bits per heavy atom. The Labute approximate surface area is 169 Å². The van der Waals surface area contributed by atoms with Gasteiger partial charge in [-0.1, -0.05) is 42.5 Å². The molecular formula is C20H19F3N2O5. The van der Waals surface area contributed by atoms with Gasteiger partial charge in [-0.3, -0.25) is 4.79 Å². The maximum Gasteiger partial charge on any atom is 0.437 e. The zero-order chi connectivity index (χ0) is 22.1. The third-order valence-corrected chi connectivity index (χ3v) is 4.92. The van der Waals surface area contributed by atoms with Gasteiger partial charge in [0, 0.05) is 11.1 Å². The largest absolute Gasteiger partial charge is 0.493 e. The maximum atomic E-state index is 13.9. The Balaban J connectivity index is 2.24. The lowest BCUT2D eigenvalue weighted by Gasteiger charge is -2.45. The first-order chi connectivity index (χ1) is 14.1. The molecule has 160 valence electrons. The van der Waals surface area contributed by atoms with Crippen molar-refractivity contribution < 1.29 is 37.3 Å². The lowest BCUT2D eigenvalue weighted by atomic mass is 9.77. The van der Waals surface area contributed by atoms with Gasteiger partial charge in [-0.25, -0.2) is 4.79 Å². The standard InChI is InChI=1S/C20H19F3N2O5/c1-29-13-10-6-9-12(17(13)30-2)15-14(16(26)11-7-4-3-5-8-11)19(28,20(21,22)23)25-18(27)24-15/h3-10,14-15,28H,1-2H3,(H2,24,25,27)/t14-,15-,19+/m0/s1. The van der Waals surface area contributed by atoms with Crippen LogP contribution in [0.25, 0.3) is 0 Å². The van der Waals surface area contributed by atoms with Crippen molar-refractivity contribution in [2.45, 2.75) is 17.9 Å². The van der Waals surface area contributed by atoms with Crippen molar-refractivity contribution in [2.75, 3.05) is 14.2 Å². The van der Waals surface area contributed by atoms with Crippen LogP contribution in [0.15, 0.2) is 48.5 Å². The number of carbonyl (C=O) groups is 2. The molecular weight excluding hydrogens is 405 g/mol. The zero-order valence-corrected chi connectivity index (χ0v) is 16.0. The minimum Gasteiger partial charge on any atom is -0.493 e. The molecule has 0 bridgehead atoms. The van der Waals surface area contributed by atoms with Crippen LogP contribution in [0.4, 0.5) is 18.0 Å². The number of para-hydroxylation sites is 1. The van der Waals surface area contributed by atoms with E-state index in [1.165, 1.54) is 62.0 Å². The molecule has 3 N–H and O–H groups in total. The normalized spacial score (nSPS) is 23.9. The van der Waals surface area contributed by atoms with Crippen LogP contribution >= 0.6 is 0 Å². The molecule has 0 saturated carbocycles. The van der Waals surface area contributed by atoms with Crippen molar-refractivity contribution in [3.05, 3.63) is 59.7 Å². The molecule has 0 unspecified atom stereocenters. The number of nitrogens with one attached hydrogen (secondary N) is 2. The van der Waals surface area contributed by atoms with Crippen LogP contribution < -0.4 is 20.1 Å². The predicted octanol–water partition coefficient (Wildman–Crippen LogP) is 2.81. The molecule has 2 aromatic carbocycles. The van der Waals surface area contributed by atoms with Crippen molar-refractivity contribution in [1.82, 2.24) is 10.6 Å². The number of hydrogen-bond acceptors (Lipinski definition) is 5. The number of carbonyl (C=O) groups excluding carboxylic acids is 2. The number of urea groups is 1. The third-order valence-electron chi connectivity index (χ3n) is 4.92. The fraction of sp³-hybridized carbons (Fsp3) is 0.300. The van der Waals surface area contributed by atoms with Crippen LogP contribution in [0.3, 0.4) is 0 Å². The first kappa shape index (κ1) is 21.4. The van der Waals surface area contributed by atoms with Gasteiger partial charge < -0.3 is 25.2 Å². The summed E-state index contributed by atoms with van der Waals surface area (Å²) in [5, 5.41) is 14.4. The molecule has 3 atom stereocenters. The highest BCUT2D eigenvalue weighted by Crippen LogP contribution is 2.47. The van der Waals surface area contributed by atoms with E-state index in [0.717, 1.165) is 0 Å². The Kier molecular flexibility index (Phi) is 5.62. The molecule has 30 heavy (non-hydrogen) atoms. The third kappa shape index (κ3) is 3.54. The van der Waals surface area contributed by atoms with E-state index in [9.17, 15) is 27.9 Å². The summed E-state index contributed by atoms with van der Waals surface area (Å²) in [6.45, 7) is 0. The summed E-state index contributed by atoms with van der Waals surface area (Å²) < 4.78 is 52.3. The molecule has 2 aromatic rings. The number of rotatable bonds is 5. The number of methoxy groups -OCH3 is 2. The fourth-order valence-corrected chi connectivity index (χ4v) is 3.54. The lowest BCUT2D eigenvalue weighted by Crippen LogP contribution is -2.72. The van der Waals surface area contributed by atoms with Crippen LogP contribution in [-0.2, 0) is 0 Å². The Bertz CT molecular complexity index is 951. The van der Waals surface area contributed by atoms with Crippen LogP contribution in [0, 0.1) is 5.92 Å². The molecule has 10 heteroatoms. The smallest absolute Gasteiger partial charge is 0.437 e. The van der Waals surface area contributed by atoms with Crippen molar-refractivity contribution >= 4 is 11.8 Å². The number of benzene rings is 2. The monoisotopic (exact) mass is 424 g/mol. The van der Waals surface area contributed by atoms with Gasteiger partial charge in [0.2, 0.25) is 5.72 Å². The lowest BCUT2D eigenvalue weighted by molar-refractivity contribution is -0.287. The number of ketones is 1. The minimum absolute atomic E-state index is 0.0302. The van der Waals surface area contributed by atoms with Gasteiger partial charge in [0.25, 0.3) is 0 Å². The van der Waals surface area contributed by atoms with Crippen LogP contribution in [0.5, 0.6) is 11.5 Å². The van der Waals surface area contributed by atoms with Gasteiger partial charge in [-0.2, -0.15) is 13.2 Å². The van der Waals surface area contributed by atoms with Gasteiger partial charge in [-0.15, -0.1) is 0 Å². The van der Waals surface area contributed by atoms with E-state index in [1.807, 2.05) is 0 Å². The Hall–Kier alpha value is -3.27. The fourth-order valence-electron chi connectivity index (χ4n) is 3.54. The number of aliphatic hydroxyl groups is 1. The molecule has 1 heterocycles. The van der Waals surface area contributed by atoms with Crippen molar-refractivity contribution in [2.24, 2.45) is 5.92 Å². The summed E-state index contributed by atoms with van der Waals surface area (Å²) in [6, 6.07) is 8.73. The molecule has 2 amide bonds. The Morgan fingerprint density at radius 3 is 2.30 bits per heavy atom. The highest BCUT2D eigenvalue weighted by molar-refractivity contribution is 6.00. The van der Waals surface area contributed by atoms with E-state index in [2.05, 4.69) is 5.32 Å². The molecule has 0 spiro atoms. The summed E-state index contributed by atoms with van der Waals surface area (Å²) >= 11 is 0. The van der Waals surface area contributed by atoms with Gasteiger partial charge in [0.1, 0.15) is 5.92 Å². The average molecular weight is 424 g/mol. The number of alkyl halides is 3. The number of Topliss-reactive ketones (excluding diaryl/α,β-unsaturated/α-hetero) is 1. The molecule has 1 aliphatic rings. The van der Waals surface area contributed by atoms with Crippen molar-refractivity contribution in [3.8, 4) is 11.5 Å². The van der Waals surface area contributed by atoms with E-state index in [0.29, 0.717) is 0 Å². The highest BCUT2D eigenvalue weighted by atomic mass is 19.4. The second-order valence-electron chi connectivity index (χ2n) is 6.63. The molecule has 1 fully saturated rings. The molecule has 1 saturated heterocycles. The van der Waals surface area contributed by atoms with Gasteiger partial charge in [0.15, 0.2) is 17.3 Å². The maximum absolute atomic E-state index is 13.9. The average Bonchev–Trinajstić information content (AvgIpc) is 2.71. The number of hydrogen-bond donors (Lipinski definition) is 3. The minimum atomic E-state index is -5.34. The van der Waals surface area contributed by atoms with Gasteiger partial charge in [0.05, 0.1) is 20.3 Å². The summed E-state index contributed by atoms with van der Waals surface area (Å²) in [7, 11) is 2.61. The van der Waals surface area contributed by atoms with E-state index in [1.54, 1.807) is 6.07 Å². The second kappa shape index (κ2) is 7.86. The van der Waals surface area contributed by atoms with Crippen LogP contribution in [0.2, 0.25) is 0 Å². The topological polar surface area (TPSA) is 96.9 Å².